The molecule has 1 aromatic heterocycles. The van der Waals surface area contributed by atoms with Gasteiger partial charge in [0, 0.05) is 19.0 Å². The molecule has 28 heavy (non-hydrogen) atoms. The Labute approximate surface area is 166 Å². The summed E-state index contributed by atoms with van der Waals surface area (Å²) in [6.07, 6.45) is -0.0254. The van der Waals surface area contributed by atoms with E-state index in [0.29, 0.717) is 16.6 Å². The first kappa shape index (κ1) is 20.1. The zero-order valence-electron chi connectivity index (χ0n) is 15.3. The smallest absolute Gasteiger partial charge is 0.240 e. The molecule has 0 bridgehead atoms. The number of methoxy groups -OCH3 is 2. The molecule has 2 N–H and O–H groups in total. The second-order valence-electron chi connectivity index (χ2n) is 5.70. The lowest BCUT2D eigenvalue weighted by atomic mass is 10.3. The van der Waals surface area contributed by atoms with Crippen LogP contribution in [0.25, 0.3) is 10.2 Å². The lowest BCUT2D eigenvalue weighted by Crippen LogP contribution is -2.27. The van der Waals surface area contributed by atoms with Gasteiger partial charge in [-0.25, -0.2) is 18.1 Å². The van der Waals surface area contributed by atoms with Gasteiger partial charge in [0.15, 0.2) is 16.6 Å². The van der Waals surface area contributed by atoms with E-state index in [0.717, 1.165) is 10.2 Å². The largest absolute Gasteiger partial charge is 0.493 e. The summed E-state index contributed by atoms with van der Waals surface area (Å²) < 4.78 is 38.4. The van der Waals surface area contributed by atoms with E-state index in [1.165, 1.54) is 43.8 Å². The minimum Gasteiger partial charge on any atom is -0.493 e. The van der Waals surface area contributed by atoms with Gasteiger partial charge in [0.1, 0.15) is 0 Å². The van der Waals surface area contributed by atoms with Crippen LogP contribution in [0.5, 0.6) is 11.5 Å². The number of ether oxygens (including phenoxy) is 2. The Hall–Kier alpha value is -2.69. The van der Waals surface area contributed by atoms with Gasteiger partial charge in [-0.2, -0.15) is 0 Å². The van der Waals surface area contributed by atoms with Crippen LogP contribution >= 0.6 is 11.3 Å². The van der Waals surface area contributed by atoms with Crippen LogP contribution in [0.4, 0.5) is 5.13 Å². The highest BCUT2D eigenvalue weighted by molar-refractivity contribution is 7.89. The van der Waals surface area contributed by atoms with Crippen molar-refractivity contribution in [3.05, 3.63) is 42.5 Å². The van der Waals surface area contributed by atoms with Crippen molar-refractivity contribution < 1.29 is 22.7 Å². The first-order valence-electron chi connectivity index (χ1n) is 8.30. The van der Waals surface area contributed by atoms with Crippen molar-refractivity contribution in [3.8, 4) is 11.5 Å². The lowest BCUT2D eigenvalue weighted by molar-refractivity contribution is -0.116. The van der Waals surface area contributed by atoms with Crippen molar-refractivity contribution in [2.75, 3.05) is 26.1 Å². The summed E-state index contributed by atoms with van der Waals surface area (Å²) >= 11 is 1.36. The maximum absolute atomic E-state index is 12.4. The van der Waals surface area contributed by atoms with Gasteiger partial charge in [-0.3, -0.25) is 4.79 Å². The van der Waals surface area contributed by atoms with Crippen molar-refractivity contribution in [2.24, 2.45) is 0 Å². The quantitative estimate of drug-likeness (QED) is 0.579. The summed E-state index contributed by atoms with van der Waals surface area (Å²) in [5.74, 6) is 0.407. The third kappa shape index (κ3) is 4.58. The van der Waals surface area contributed by atoms with Crippen molar-refractivity contribution in [1.29, 1.82) is 0 Å². The summed E-state index contributed by atoms with van der Waals surface area (Å²) in [5, 5.41) is 3.17. The molecular formula is C18H19N3O5S2. The fraction of sp³-hybridized carbons (Fsp3) is 0.222. The van der Waals surface area contributed by atoms with Crippen LogP contribution in [0.1, 0.15) is 6.42 Å². The van der Waals surface area contributed by atoms with E-state index in [9.17, 15) is 13.2 Å². The van der Waals surface area contributed by atoms with Crippen molar-refractivity contribution in [1.82, 2.24) is 9.71 Å². The van der Waals surface area contributed by atoms with E-state index in [2.05, 4.69) is 15.0 Å². The van der Waals surface area contributed by atoms with Gasteiger partial charge in [0.05, 0.1) is 29.3 Å². The molecule has 0 spiro atoms. The summed E-state index contributed by atoms with van der Waals surface area (Å²) in [6.45, 7) is -0.0482. The number of sulfonamides is 1. The highest BCUT2D eigenvalue weighted by Gasteiger charge is 2.17. The van der Waals surface area contributed by atoms with Gasteiger partial charge in [0.2, 0.25) is 15.9 Å². The number of amides is 1. The van der Waals surface area contributed by atoms with Gasteiger partial charge >= 0.3 is 0 Å². The number of nitrogens with zero attached hydrogens (tertiary/aromatic N) is 1. The van der Waals surface area contributed by atoms with Crippen LogP contribution in [0, 0.1) is 0 Å². The van der Waals surface area contributed by atoms with Crippen LogP contribution in [0.2, 0.25) is 0 Å². The summed E-state index contributed by atoms with van der Waals surface area (Å²) in [6, 6.07) is 11.8. The minimum atomic E-state index is -3.79. The second kappa shape index (κ2) is 8.55. The molecule has 1 amide bonds. The Morgan fingerprint density at radius 2 is 1.86 bits per heavy atom. The second-order valence-corrected chi connectivity index (χ2v) is 8.50. The van der Waals surface area contributed by atoms with Gasteiger partial charge in [-0.1, -0.05) is 23.5 Å². The van der Waals surface area contributed by atoms with Gasteiger partial charge in [-0.05, 0) is 24.3 Å². The number of rotatable bonds is 8. The molecular weight excluding hydrogens is 402 g/mol. The number of fused-ring (bicyclic) bond motifs is 1. The van der Waals surface area contributed by atoms with E-state index < -0.39 is 10.0 Å². The van der Waals surface area contributed by atoms with Crippen LogP contribution < -0.4 is 19.5 Å². The molecule has 10 heteroatoms. The Morgan fingerprint density at radius 3 is 2.57 bits per heavy atom. The predicted molar refractivity (Wildman–Crippen MR) is 108 cm³/mol. The van der Waals surface area contributed by atoms with Crippen molar-refractivity contribution >= 4 is 42.6 Å². The molecule has 0 unspecified atom stereocenters. The molecule has 0 atom stereocenters. The number of hydrogen-bond acceptors (Lipinski definition) is 7. The van der Waals surface area contributed by atoms with E-state index in [-0.39, 0.29) is 23.8 Å². The van der Waals surface area contributed by atoms with Crippen LogP contribution in [0.3, 0.4) is 0 Å². The number of thiazole rings is 1. The number of nitrogens with one attached hydrogen (secondary N) is 2. The average Bonchev–Trinajstić information content (AvgIpc) is 3.09. The normalized spacial score (nSPS) is 11.4. The Bertz CT molecular complexity index is 1060. The number of anilines is 1. The monoisotopic (exact) mass is 421 g/mol. The molecule has 1 heterocycles. The topological polar surface area (TPSA) is 107 Å². The molecule has 3 aromatic rings. The molecule has 0 radical (unpaired) electrons. The van der Waals surface area contributed by atoms with Crippen LogP contribution in [-0.4, -0.2) is 40.1 Å². The van der Waals surface area contributed by atoms with Gasteiger partial charge < -0.3 is 14.8 Å². The maximum atomic E-state index is 12.4. The zero-order chi connectivity index (χ0) is 20.1. The van der Waals surface area contributed by atoms with Crippen molar-refractivity contribution in [3.63, 3.8) is 0 Å². The SMILES string of the molecule is COc1ccc(S(=O)(=O)NCCC(=O)Nc2nc3ccccc3s2)cc1OC. The van der Waals surface area contributed by atoms with E-state index in [1.54, 1.807) is 0 Å². The fourth-order valence-electron chi connectivity index (χ4n) is 2.47. The number of carbonyl (C=O) groups is 1. The zero-order valence-corrected chi connectivity index (χ0v) is 16.9. The first-order chi connectivity index (χ1) is 13.4. The summed E-state index contributed by atoms with van der Waals surface area (Å²) in [7, 11) is -0.894. The van der Waals surface area contributed by atoms with Crippen molar-refractivity contribution in [2.45, 2.75) is 11.3 Å². The van der Waals surface area contributed by atoms with E-state index >= 15 is 0 Å². The third-order valence-electron chi connectivity index (χ3n) is 3.85. The molecule has 0 fully saturated rings. The molecule has 0 aliphatic rings. The number of hydrogen-bond donors (Lipinski definition) is 2. The highest BCUT2D eigenvalue weighted by atomic mass is 32.2. The fourth-order valence-corrected chi connectivity index (χ4v) is 4.40. The number of aromatic nitrogens is 1. The number of carbonyl (C=O) groups excluding carboxylic acids is 1. The first-order valence-corrected chi connectivity index (χ1v) is 10.6. The standard InChI is InChI=1S/C18H19N3O5S2/c1-25-14-8-7-12(11-15(14)26-2)28(23,24)19-10-9-17(22)21-18-20-13-5-3-4-6-16(13)27-18/h3-8,11,19H,9-10H2,1-2H3,(H,20,21,22). The number of benzene rings is 2. The maximum Gasteiger partial charge on any atom is 0.240 e. The number of para-hydroxylation sites is 1. The van der Waals surface area contributed by atoms with Crippen LogP contribution in [0.15, 0.2) is 47.4 Å². The van der Waals surface area contributed by atoms with E-state index in [1.807, 2.05) is 24.3 Å². The molecule has 0 aliphatic heterocycles. The molecule has 0 saturated carbocycles. The van der Waals surface area contributed by atoms with Gasteiger partial charge in [-0.15, -0.1) is 0 Å². The third-order valence-corrected chi connectivity index (χ3v) is 6.26. The Balaban J connectivity index is 1.58. The molecule has 0 saturated heterocycles. The molecule has 3 rings (SSSR count). The summed E-state index contributed by atoms with van der Waals surface area (Å²) in [5.41, 5.74) is 0.803. The van der Waals surface area contributed by atoms with Crippen LogP contribution in [-0.2, 0) is 14.8 Å². The molecule has 0 aliphatic carbocycles. The van der Waals surface area contributed by atoms with Gasteiger partial charge in [0.25, 0.3) is 0 Å². The molecule has 148 valence electrons. The lowest BCUT2D eigenvalue weighted by Gasteiger charge is -2.11. The van der Waals surface area contributed by atoms with E-state index in [4.69, 9.17) is 9.47 Å². The average molecular weight is 422 g/mol. The Morgan fingerprint density at radius 1 is 1.11 bits per heavy atom. The molecule has 8 nitrogen and oxygen atoms in total. The Kier molecular flexibility index (Phi) is 6.12. The minimum absolute atomic E-state index is 0.0248. The predicted octanol–water partition coefficient (Wildman–Crippen LogP) is 2.62. The highest BCUT2D eigenvalue weighted by Crippen LogP contribution is 2.29. The summed E-state index contributed by atoms with van der Waals surface area (Å²) in [4.78, 5) is 16.4. The molecule has 2 aromatic carbocycles.